The molecule has 0 bridgehead atoms. The Morgan fingerprint density at radius 1 is 1.00 bits per heavy atom. The quantitative estimate of drug-likeness (QED) is 0.561. The summed E-state index contributed by atoms with van der Waals surface area (Å²) in [7, 11) is 0. The number of nitrogens with one attached hydrogen (secondary N) is 1. The molecule has 132 valence electrons. The lowest BCUT2D eigenvalue weighted by Gasteiger charge is -2.11. The van der Waals surface area contributed by atoms with Gasteiger partial charge in [0.1, 0.15) is 5.76 Å². The second-order valence-electron chi connectivity index (χ2n) is 6.13. The fourth-order valence-corrected chi connectivity index (χ4v) is 2.93. The predicted molar refractivity (Wildman–Crippen MR) is 101 cm³/mol. The van der Waals surface area contributed by atoms with E-state index in [0.717, 1.165) is 22.4 Å². The van der Waals surface area contributed by atoms with Crippen molar-refractivity contribution < 1.29 is 9.32 Å². The van der Waals surface area contributed by atoms with Crippen molar-refractivity contribution in [2.45, 2.75) is 26.7 Å². The zero-order valence-corrected chi connectivity index (χ0v) is 15.1. The highest BCUT2D eigenvalue weighted by Gasteiger charge is 2.23. The maximum Gasteiger partial charge on any atom is 0.247 e. The van der Waals surface area contributed by atoms with E-state index in [4.69, 9.17) is 4.52 Å². The van der Waals surface area contributed by atoms with Crippen molar-refractivity contribution in [2.24, 2.45) is 5.10 Å². The molecule has 0 saturated carbocycles. The van der Waals surface area contributed by atoms with Crippen molar-refractivity contribution in [2.75, 3.05) is 0 Å². The second kappa shape index (κ2) is 7.78. The molecule has 26 heavy (non-hydrogen) atoms. The highest BCUT2D eigenvalue weighted by atomic mass is 16.5. The Bertz CT molecular complexity index is 854. The summed E-state index contributed by atoms with van der Waals surface area (Å²) < 4.78 is 5.17. The molecule has 3 rings (SSSR count). The Morgan fingerprint density at radius 2 is 1.54 bits per heavy atom. The topological polar surface area (TPSA) is 67.5 Å². The van der Waals surface area contributed by atoms with Crippen LogP contribution in [0.5, 0.6) is 0 Å². The summed E-state index contributed by atoms with van der Waals surface area (Å²) in [5.74, 6) is 0.0435. The smallest absolute Gasteiger partial charge is 0.247 e. The van der Waals surface area contributed by atoms with E-state index < -0.39 is 5.92 Å². The summed E-state index contributed by atoms with van der Waals surface area (Å²) in [6.07, 6.45) is 0. The van der Waals surface area contributed by atoms with Crippen LogP contribution >= 0.6 is 0 Å². The van der Waals surface area contributed by atoms with E-state index in [0.29, 0.717) is 11.5 Å². The van der Waals surface area contributed by atoms with Crippen LogP contribution in [0.25, 0.3) is 0 Å². The molecule has 5 nitrogen and oxygen atoms in total. The Hall–Kier alpha value is -3.21. The normalized spacial score (nSPS) is 11.7. The first-order valence-corrected chi connectivity index (χ1v) is 8.49. The molecular weight excluding hydrogens is 326 g/mol. The van der Waals surface area contributed by atoms with Crippen molar-refractivity contribution in [3.05, 3.63) is 88.8 Å². The van der Waals surface area contributed by atoms with Gasteiger partial charge in [0.2, 0.25) is 5.91 Å². The van der Waals surface area contributed by atoms with Crippen molar-refractivity contribution in [3.8, 4) is 0 Å². The summed E-state index contributed by atoms with van der Waals surface area (Å²) in [5, 5.41) is 8.34. The van der Waals surface area contributed by atoms with E-state index in [9.17, 15) is 4.79 Å². The van der Waals surface area contributed by atoms with Gasteiger partial charge in [0.25, 0.3) is 0 Å². The van der Waals surface area contributed by atoms with Crippen molar-refractivity contribution in [3.63, 3.8) is 0 Å². The first-order valence-electron chi connectivity index (χ1n) is 8.49. The minimum Gasteiger partial charge on any atom is -0.361 e. The average Bonchev–Trinajstić information content (AvgIpc) is 3.01. The molecule has 2 aromatic carbocycles. The molecule has 1 atom stereocenters. The molecule has 0 aliphatic rings. The fraction of sp³-hybridized carbons (Fsp3) is 0.190. The lowest BCUT2D eigenvalue weighted by atomic mass is 9.99. The van der Waals surface area contributed by atoms with Gasteiger partial charge in [-0.25, -0.2) is 5.43 Å². The molecule has 1 heterocycles. The van der Waals surface area contributed by atoms with Crippen molar-refractivity contribution in [1.82, 2.24) is 10.6 Å². The highest BCUT2D eigenvalue weighted by molar-refractivity contribution is 6.13. The SMILES string of the molecule is Cc1noc(C)c1C(C)C(=O)NN=C(c1ccccc1)c1ccccc1. The molecule has 0 saturated heterocycles. The van der Waals surface area contributed by atoms with Crippen LogP contribution in [-0.4, -0.2) is 16.8 Å². The van der Waals surface area contributed by atoms with Crippen molar-refractivity contribution >= 4 is 11.6 Å². The Balaban J connectivity index is 1.88. The molecule has 0 aliphatic carbocycles. The third-order valence-electron chi connectivity index (χ3n) is 4.29. The zero-order chi connectivity index (χ0) is 18.5. The number of hydrazone groups is 1. The van der Waals surface area contributed by atoms with Gasteiger partial charge in [-0.05, 0) is 20.8 Å². The first-order chi connectivity index (χ1) is 12.6. The summed E-state index contributed by atoms with van der Waals surface area (Å²) in [6.45, 7) is 5.46. The first kappa shape index (κ1) is 17.6. The van der Waals surface area contributed by atoms with Crippen LogP contribution in [0.3, 0.4) is 0 Å². The van der Waals surface area contributed by atoms with Crippen LogP contribution in [0, 0.1) is 13.8 Å². The molecule has 0 spiro atoms. The number of rotatable bonds is 5. The van der Waals surface area contributed by atoms with E-state index >= 15 is 0 Å². The second-order valence-corrected chi connectivity index (χ2v) is 6.13. The number of hydrogen-bond acceptors (Lipinski definition) is 4. The fourth-order valence-electron chi connectivity index (χ4n) is 2.93. The number of carbonyl (C=O) groups excluding carboxylic acids is 1. The largest absolute Gasteiger partial charge is 0.361 e. The Labute approximate surface area is 152 Å². The molecule has 5 heteroatoms. The van der Waals surface area contributed by atoms with Crippen LogP contribution in [0.15, 0.2) is 70.3 Å². The van der Waals surface area contributed by atoms with Crippen LogP contribution in [0.2, 0.25) is 0 Å². The number of amides is 1. The summed E-state index contributed by atoms with van der Waals surface area (Å²) in [4.78, 5) is 12.6. The monoisotopic (exact) mass is 347 g/mol. The maximum atomic E-state index is 12.6. The number of aryl methyl sites for hydroxylation is 2. The van der Waals surface area contributed by atoms with E-state index in [1.54, 1.807) is 0 Å². The van der Waals surface area contributed by atoms with Gasteiger partial charge in [0.15, 0.2) is 0 Å². The molecule has 0 radical (unpaired) electrons. The molecule has 0 aliphatic heterocycles. The van der Waals surface area contributed by atoms with Gasteiger partial charge < -0.3 is 4.52 Å². The van der Waals surface area contributed by atoms with E-state index in [1.165, 1.54) is 0 Å². The van der Waals surface area contributed by atoms with Crippen molar-refractivity contribution in [1.29, 1.82) is 0 Å². The summed E-state index contributed by atoms with van der Waals surface area (Å²) >= 11 is 0. The number of carbonyl (C=O) groups is 1. The lowest BCUT2D eigenvalue weighted by molar-refractivity contribution is -0.122. The summed E-state index contributed by atoms with van der Waals surface area (Å²) in [6, 6.07) is 19.6. The predicted octanol–water partition coefficient (Wildman–Crippen LogP) is 3.96. The molecule has 1 amide bonds. The van der Waals surface area contributed by atoms with E-state index in [2.05, 4.69) is 15.7 Å². The van der Waals surface area contributed by atoms with Gasteiger partial charge in [-0.3, -0.25) is 4.79 Å². The van der Waals surface area contributed by atoms with Gasteiger partial charge in [-0.2, -0.15) is 5.10 Å². The molecule has 1 N–H and O–H groups in total. The minimum absolute atomic E-state index is 0.205. The molecule has 3 aromatic rings. The van der Waals surface area contributed by atoms with E-state index in [1.807, 2.05) is 81.4 Å². The third kappa shape index (κ3) is 3.72. The number of nitrogens with zero attached hydrogens (tertiary/aromatic N) is 2. The number of benzene rings is 2. The van der Waals surface area contributed by atoms with Gasteiger partial charge in [0, 0.05) is 16.7 Å². The maximum absolute atomic E-state index is 12.6. The van der Waals surface area contributed by atoms with Gasteiger partial charge in [-0.15, -0.1) is 0 Å². The highest BCUT2D eigenvalue weighted by Crippen LogP contribution is 2.23. The molecule has 0 fully saturated rings. The Morgan fingerprint density at radius 3 is 2.00 bits per heavy atom. The molecule has 1 unspecified atom stereocenters. The van der Waals surface area contributed by atoms with Crippen LogP contribution < -0.4 is 5.43 Å². The Kier molecular flexibility index (Phi) is 5.27. The average molecular weight is 347 g/mol. The molecular formula is C21H21N3O2. The van der Waals surface area contributed by atoms with Crippen LogP contribution in [-0.2, 0) is 4.79 Å². The third-order valence-corrected chi connectivity index (χ3v) is 4.29. The summed E-state index contributed by atoms with van der Waals surface area (Å²) in [5.41, 5.74) is 6.81. The standard InChI is InChI=1S/C21H21N3O2/c1-14(19-15(2)24-26-16(19)3)21(25)23-22-20(17-10-6-4-7-11-17)18-12-8-5-9-13-18/h4-14H,1-3H3,(H,23,25). The van der Waals surface area contributed by atoms with Gasteiger partial charge in [-0.1, -0.05) is 65.8 Å². The van der Waals surface area contributed by atoms with Crippen LogP contribution in [0.1, 0.15) is 41.0 Å². The number of aromatic nitrogens is 1. The molecule has 1 aromatic heterocycles. The number of hydrogen-bond donors (Lipinski definition) is 1. The van der Waals surface area contributed by atoms with Crippen LogP contribution in [0.4, 0.5) is 0 Å². The van der Waals surface area contributed by atoms with Gasteiger partial charge >= 0.3 is 0 Å². The van der Waals surface area contributed by atoms with E-state index in [-0.39, 0.29) is 5.91 Å². The lowest BCUT2D eigenvalue weighted by Crippen LogP contribution is -2.26. The zero-order valence-electron chi connectivity index (χ0n) is 15.1. The van der Waals surface area contributed by atoms with Gasteiger partial charge in [0.05, 0.1) is 17.3 Å². The minimum atomic E-state index is -0.405.